The first-order chi connectivity index (χ1) is 6.63. The van der Waals surface area contributed by atoms with Crippen LogP contribution in [0.1, 0.15) is 0 Å². The van der Waals surface area contributed by atoms with Crippen LogP contribution < -0.4 is 16.4 Å². The number of benzene rings is 1. The first kappa shape index (κ1) is 11.3. The van der Waals surface area contributed by atoms with Gasteiger partial charge in [-0.05, 0) is 24.3 Å². The zero-order valence-electron chi connectivity index (χ0n) is 8.28. The molecule has 0 amide bonds. The molecule has 4 N–H and O–H groups in total. The molecule has 3 nitrogen and oxygen atoms in total. The van der Waals surface area contributed by atoms with Gasteiger partial charge in [-0.1, -0.05) is 11.6 Å². The molecular formula is C10H16ClN3. The summed E-state index contributed by atoms with van der Waals surface area (Å²) in [6.07, 6.45) is 0. The highest BCUT2D eigenvalue weighted by Crippen LogP contribution is 2.16. The summed E-state index contributed by atoms with van der Waals surface area (Å²) in [6.45, 7) is 1.25. The van der Waals surface area contributed by atoms with Crippen molar-refractivity contribution in [3.63, 3.8) is 0 Å². The largest absolute Gasteiger partial charge is 0.373 e. The minimum Gasteiger partial charge on any atom is -0.373 e. The minimum absolute atomic E-state index is 0.00989. The number of hydrogen-bond donors (Lipinski definition) is 2. The molecule has 0 fully saturated rings. The molecule has 1 aromatic rings. The van der Waals surface area contributed by atoms with E-state index in [-0.39, 0.29) is 6.04 Å². The fraction of sp³-hybridized carbons (Fsp3) is 0.400. The van der Waals surface area contributed by atoms with Gasteiger partial charge in [0, 0.05) is 36.9 Å². The Morgan fingerprint density at radius 1 is 1.36 bits per heavy atom. The third-order valence-electron chi connectivity index (χ3n) is 2.08. The smallest absolute Gasteiger partial charge is 0.0407 e. The van der Waals surface area contributed by atoms with Crippen molar-refractivity contribution in [2.24, 2.45) is 11.5 Å². The number of anilines is 1. The Morgan fingerprint density at radius 2 is 1.93 bits per heavy atom. The van der Waals surface area contributed by atoms with E-state index in [1.54, 1.807) is 0 Å². The third kappa shape index (κ3) is 3.18. The molecule has 0 saturated heterocycles. The van der Waals surface area contributed by atoms with Gasteiger partial charge in [-0.15, -0.1) is 0 Å². The van der Waals surface area contributed by atoms with Crippen LogP contribution in [0.3, 0.4) is 0 Å². The van der Waals surface area contributed by atoms with Crippen LogP contribution in [0.25, 0.3) is 0 Å². The number of nitrogens with zero attached hydrogens (tertiary/aromatic N) is 1. The normalized spacial score (nSPS) is 12.6. The van der Waals surface area contributed by atoms with Crippen molar-refractivity contribution in [2.45, 2.75) is 6.04 Å². The maximum absolute atomic E-state index is 5.79. The van der Waals surface area contributed by atoms with Crippen molar-refractivity contribution in [3.05, 3.63) is 29.3 Å². The van der Waals surface area contributed by atoms with Crippen LogP contribution >= 0.6 is 11.6 Å². The highest BCUT2D eigenvalue weighted by Gasteiger charge is 2.05. The summed E-state index contributed by atoms with van der Waals surface area (Å²) in [5, 5.41) is 0.741. The number of hydrogen-bond acceptors (Lipinski definition) is 3. The molecule has 4 heteroatoms. The van der Waals surface area contributed by atoms with Gasteiger partial charge in [0.25, 0.3) is 0 Å². The van der Waals surface area contributed by atoms with Crippen LogP contribution in [-0.4, -0.2) is 26.2 Å². The average Bonchev–Trinajstić information content (AvgIpc) is 2.18. The summed E-state index contributed by atoms with van der Waals surface area (Å²) in [5.74, 6) is 0. The Kier molecular flexibility index (Phi) is 4.20. The van der Waals surface area contributed by atoms with E-state index in [1.807, 2.05) is 31.3 Å². The predicted octanol–water partition coefficient (Wildman–Crippen LogP) is 1.06. The molecule has 14 heavy (non-hydrogen) atoms. The molecular weight excluding hydrogens is 198 g/mol. The predicted molar refractivity (Wildman–Crippen MR) is 61.8 cm³/mol. The number of likely N-dealkylation sites (N-methyl/N-ethyl adjacent to an activating group) is 1. The molecule has 78 valence electrons. The number of rotatable bonds is 4. The molecule has 0 bridgehead atoms. The second-order valence-electron chi connectivity index (χ2n) is 3.35. The lowest BCUT2D eigenvalue weighted by molar-refractivity contribution is 0.668. The van der Waals surface area contributed by atoms with Gasteiger partial charge in [-0.25, -0.2) is 0 Å². The Balaban J connectivity index is 2.60. The van der Waals surface area contributed by atoms with Crippen molar-refractivity contribution >= 4 is 17.3 Å². The van der Waals surface area contributed by atoms with Crippen LogP contribution in [0.2, 0.25) is 5.02 Å². The zero-order valence-corrected chi connectivity index (χ0v) is 9.04. The highest BCUT2D eigenvalue weighted by atomic mass is 35.5. The van der Waals surface area contributed by atoms with Gasteiger partial charge in [-0.3, -0.25) is 0 Å². The van der Waals surface area contributed by atoms with E-state index in [2.05, 4.69) is 4.90 Å². The van der Waals surface area contributed by atoms with Gasteiger partial charge in [0.2, 0.25) is 0 Å². The van der Waals surface area contributed by atoms with E-state index < -0.39 is 0 Å². The highest BCUT2D eigenvalue weighted by molar-refractivity contribution is 6.30. The van der Waals surface area contributed by atoms with Crippen LogP contribution in [0.4, 0.5) is 5.69 Å². The summed E-state index contributed by atoms with van der Waals surface area (Å²) < 4.78 is 0. The summed E-state index contributed by atoms with van der Waals surface area (Å²) in [4.78, 5) is 2.06. The second-order valence-corrected chi connectivity index (χ2v) is 3.79. The van der Waals surface area contributed by atoms with Gasteiger partial charge >= 0.3 is 0 Å². The molecule has 0 aromatic heterocycles. The molecule has 0 aliphatic carbocycles. The average molecular weight is 214 g/mol. The van der Waals surface area contributed by atoms with Gasteiger partial charge in [0.15, 0.2) is 0 Å². The standard InChI is InChI=1S/C10H16ClN3/c1-14(7-9(13)6-12)10-4-2-8(11)3-5-10/h2-5,9H,6-7,12-13H2,1H3. The molecule has 1 atom stereocenters. The van der Waals surface area contributed by atoms with E-state index >= 15 is 0 Å². The molecule has 1 aromatic carbocycles. The molecule has 0 heterocycles. The van der Waals surface area contributed by atoms with Crippen molar-refractivity contribution in [2.75, 3.05) is 25.0 Å². The SMILES string of the molecule is CN(CC(N)CN)c1ccc(Cl)cc1. The van der Waals surface area contributed by atoms with Crippen LogP contribution in [-0.2, 0) is 0 Å². The summed E-state index contributed by atoms with van der Waals surface area (Å²) >= 11 is 5.79. The maximum atomic E-state index is 5.79. The van der Waals surface area contributed by atoms with Crippen LogP contribution in [0, 0.1) is 0 Å². The Morgan fingerprint density at radius 3 is 2.43 bits per heavy atom. The lowest BCUT2D eigenvalue weighted by Crippen LogP contribution is -2.40. The Hall–Kier alpha value is -0.770. The van der Waals surface area contributed by atoms with Gasteiger partial charge in [-0.2, -0.15) is 0 Å². The van der Waals surface area contributed by atoms with E-state index in [9.17, 15) is 0 Å². The lowest BCUT2D eigenvalue weighted by Gasteiger charge is -2.22. The fourth-order valence-corrected chi connectivity index (χ4v) is 1.35. The minimum atomic E-state index is 0.00989. The second kappa shape index (κ2) is 5.20. The molecule has 1 rings (SSSR count). The topological polar surface area (TPSA) is 55.3 Å². The number of halogens is 1. The summed E-state index contributed by atoms with van der Waals surface area (Å²) in [5.41, 5.74) is 12.3. The van der Waals surface area contributed by atoms with Gasteiger partial charge < -0.3 is 16.4 Å². The first-order valence-corrected chi connectivity index (χ1v) is 4.93. The fourth-order valence-electron chi connectivity index (χ4n) is 1.23. The molecule has 0 aliphatic heterocycles. The zero-order chi connectivity index (χ0) is 10.6. The van der Waals surface area contributed by atoms with Crippen LogP contribution in [0.15, 0.2) is 24.3 Å². The first-order valence-electron chi connectivity index (χ1n) is 4.56. The van der Waals surface area contributed by atoms with Crippen molar-refractivity contribution < 1.29 is 0 Å². The van der Waals surface area contributed by atoms with E-state index in [0.29, 0.717) is 6.54 Å². The van der Waals surface area contributed by atoms with Gasteiger partial charge in [0.1, 0.15) is 0 Å². The molecule has 0 radical (unpaired) electrons. The van der Waals surface area contributed by atoms with Crippen molar-refractivity contribution in [1.29, 1.82) is 0 Å². The third-order valence-corrected chi connectivity index (χ3v) is 2.33. The monoisotopic (exact) mass is 213 g/mol. The van der Waals surface area contributed by atoms with E-state index in [4.69, 9.17) is 23.1 Å². The van der Waals surface area contributed by atoms with Gasteiger partial charge in [0.05, 0.1) is 0 Å². The maximum Gasteiger partial charge on any atom is 0.0407 e. The van der Waals surface area contributed by atoms with E-state index in [1.165, 1.54) is 0 Å². The number of nitrogens with two attached hydrogens (primary N) is 2. The molecule has 0 spiro atoms. The van der Waals surface area contributed by atoms with Crippen molar-refractivity contribution in [1.82, 2.24) is 0 Å². The molecule has 0 saturated carbocycles. The quantitative estimate of drug-likeness (QED) is 0.787. The van der Waals surface area contributed by atoms with Crippen molar-refractivity contribution in [3.8, 4) is 0 Å². The summed E-state index contributed by atoms with van der Waals surface area (Å²) in [7, 11) is 1.98. The van der Waals surface area contributed by atoms with Crippen LogP contribution in [0.5, 0.6) is 0 Å². The Labute approximate surface area is 89.6 Å². The molecule has 0 aliphatic rings. The lowest BCUT2D eigenvalue weighted by atomic mass is 10.2. The van der Waals surface area contributed by atoms with E-state index in [0.717, 1.165) is 17.3 Å². The summed E-state index contributed by atoms with van der Waals surface area (Å²) in [6, 6.07) is 7.66. The molecule has 1 unspecified atom stereocenters. The Bertz CT molecular complexity index is 273.